The summed E-state index contributed by atoms with van der Waals surface area (Å²) in [7, 11) is 0. The van der Waals surface area contributed by atoms with Crippen LogP contribution in [-0.2, 0) is 4.74 Å². The fourth-order valence-corrected chi connectivity index (χ4v) is 3.41. The maximum Gasteiger partial charge on any atom is 0.110 e. The van der Waals surface area contributed by atoms with E-state index < -0.39 is 0 Å². The van der Waals surface area contributed by atoms with Gasteiger partial charge in [0.1, 0.15) is 5.01 Å². The van der Waals surface area contributed by atoms with Crippen LogP contribution < -0.4 is 5.32 Å². The Hall–Kier alpha value is -0.450. The second kappa shape index (κ2) is 5.04. The summed E-state index contributed by atoms with van der Waals surface area (Å²) in [6, 6.07) is 0.470. The van der Waals surface area contributed by atoms with Crippen molar-refractivity contribution in [1.82, 2.24) is 10.3 Å². The average Bonchev–Trinajstić information content (AvgIpc) is 2.85. The average molecular weight is 252 g/mol. The van der Waals surface area contributed by atoms with Gasteiger partial charge in [-0.15, -0.1) is 11.3 Å². The van der Waals surface area contributed by atoms with Crippen LogP contribution >= 0.6 is 11.3 Å². The highest BCUT2D eigenvalue weighted by Gasteiger charge is 2.34. The fraction of sp³-hybridized carbons (Fsp3) is 0.769. The molecule has 2 atom stereocenters. The van der Waals surface area contributed by atoms with Crippen LogP contribution in [0.5, 0.6) is 0 Å². The van der Waals surface area contributed by atoms with Crippen molar-refractivity contribution in [3.05, 3.63) is 16.1 Å². The largest absolute Gasteiger partial charge is 0.377 e. The third-order valence-corrected chi connectivity index (χ3v) is 4.58. The molecule has 1 aliphatic carbocycles. The lowest BCUT2D eigenvalue weighted by Gasteiger charge is -2.18. The highest BCUT2D eigenvalue weighted by Crippen LogP contribution is 2.42. The number of thiazole rings is 1. The number of nitrogens with one attached hydrogen (secondary N) is 1. The molecule has 1 N–H and O–H groups in total. The van der Waals surface area contributed by atoms with Crippen LogP contribution in [0.15, 0.2) is 6.20 Å². The standard InChI is InChI=1S/C13H20N2OS/c1-9-7-15-13(17-9)12(10-4-5-10)14-8-11-3-2-6-16-11/h7,10-12,14H,2-6,8H2,1H3. The molecule has 0 bridgehead atoms. The van der Waals surface area contributed by atoms with Gasteiger partial charge in [-0.05, 0) is 38.5 Å². The van der Waals surface area contributed by atoms with E-state index in [9.17, 15) is 0 Å². The van der Waals surface area contributed by atoms with Crippen molar-refractivity contribution >= 4 is 11.3 Å². The van der Waals surface area contributed by atoms with Gasteiger partial charge in [-0.1, -0.05) is 0 Å². The first-order valence-electron chi connectivity index (χ1n) is 6.60. The van der Waals surface area contributed by atoms with Gasteiger partial charge in [-0.25, -0.2) is 4.98 Å². The van der Waals surface area contributed by atoms with Gasteiger partial charge >= 0.3 is 0 Å². The molecule has 0 aromatic carbocycles. The van der Waals surface area contributed by atoms with Crippen molar-refractivity contribution in [2.45, 2.75) is 44.8 Å². The first kappa shape index (κ1) is 11.6. The molecular weight excluding hydrogens is 232 g/mol. The lowest BCUT2D eigenvalue weighted by Crippen LogP contribution is -2.31. The van der Waals surface area contributed by atoms with Crippen LogP contribution in [0.3, 0.4) is 0 Å². The van der Waals surface area contributed by atoms with Crippen LogP contribution in [0, 0.1) is 12.8 Å². The van der Waals surface area contributed by atoms with Crippen molar-refractivity contribution in [1.29, 1.82) is 0 Å². The Bertz CT molecular complexity index is 369. The maximum absolute atomic E-state index is 5.67. The normalized spacial score (nSPS) is 26.3. The van der Waals surface area contributed by atoms with Gasteiger partial charge < -0.3 is 10.1 Å². The minimum absolute atomic E-state index is 0.428. The number of aryl methyl sites for hydroxylation is 1. The van der Waals surface area contributed by atoms with Gasteiger partial charge in [0.05, 0.1) is 12.1 Å². The van der Waals surface area contributed by atoms with Gasteiger partial charge in [0.2, 0.25) is 0 Å². The molecule has 17 heavy (non-hydrogen) atoms. The third kappa shape index (κ3) is 2.87. The summed E-state index contributed by atoms with van der Waals surface area (Å²) >= 11 is 1.83. The van der Waals surface area contributed by atoms with Gasteiger partial charge in [0, 0.05) is 24.2 Å². The fourth-order valence-electron chi connectivity index (χ4n) is 2.46. The van der Waals surface area contributed by atoms with E-state index in [2.05, 4.69) is 17.2 Å². The third-order valence-electron chi connectivity index (χ3n) is 3.59. The second-order valence-electron chi connectivity index (χ2n) is 5.17. The van der Waals surface area contributed by atoms with E-state index in [0.29, 0.717) is 12.1 Å². The van der Waals surface area contributed by atoms with Crippen LogP contribution in [0.4, 0.5) is 0 Å². The van der Waals surface area contributed by atoms with E-state index in [0.717, 1.165) is 19.1 Å². The van der Waals surface area contributed by atoms with E-state index in [4.69, 9.17) is 4.74 Å². The molecule has 3 rings (SSSR count). The van der Waals surface area contributed by atoms with Crippen molar-refractivity contribution in [3.8, 4) is 0 Å². The summed E-state index contributed by atoms with van der Waals surface area (Å²) in [5.74, 6) is 0.807. The number of ether oxygens (including phenoxy) is 1. The second-order valence-corrected chi connectivity index (χ2v) is 6.43. The molecule has 0 radical (unpaired) electrons. The van der Waals surface area contributed by atoms with Crippen molar-refractivity contribution in [2.75, 3.05) is 13.2 Å². The summed E-state index contributed by atoms with van der Waals surface area (Å²) in [4.78, 5) is 5.85. The highest BCUT2D eigenvalue weighted by atomic mass is 32.1. The summed E-state index contributed by atoms with van der Waals surface area (Å²) in [6.07, 6.45) is 7.54. The van der Waals surface area contributed by atoms with Gasteiger partial charge in [0.25, 0.3) is 0 Å². The smallest absolute Gasteiger partial charge is 0.110 e. The zero-order valence-corrected chi connectivity index (χ0v) is 11.1. The van der Waals surface area contributed by atoms with Gasteiger partial charge in [0.15, 0.2) is 0 Å². The summed E-state index contributed by atoms with van der Waals surface area (Å²) < 4.78 is 5.67. The summed E-state index contributed by atoms with van der Waals surface area (Å²) in [5.41, 5.74) is 0. The van der Waals surface area contributed by atoms with Crippen molar-refractivity contribution in [2.24, 2.45) is 5.92 Å². The Balaban J connectivity index is 1.60. The van der Waals surface area contributed by atoms with Gasteiger partial charge in [-0.2, -0.15) is 0 Å². The van der Waals surface area contributed by atoms with Gasteiger partial charge in [-0.3, -0.25) is 0 Å². The number of hydrogen-bond acceptors (Lipinski definition) is 4. The molecular formula is C13H20N2OS. The first-order valence-corrected chi connectivity index (χ1v) is 7.42. The minimum Gasteiger partial charge on any atom is -0.377 e. The molecule has 2 aliphatic rings. The topological polar surface area (TPSA) is 34.2 Å². The number of rotatable bonds is 5. The van der Waals surface area contributed by atoms with E-state index >= 15 is 0 Å². The van der Waals surface area contributed by atoms with Crippen LogP contribution in [0.2, 0.25) is 0 Å². The molecule has 2 fully saturated rings. The molecule has 1 aromatic rings. The molecule has 3 nitrogen and oxygen atoms in total. The zero-order valence-electron chi connectivity index (χ0n) is 10.3. The Morgan fingerprint density at radius 1 is 1.53 bits per heavy atom. The van der Waals surface area contributed by atoms with Crippen molar-refractivity contribution < 1.29 is 4.74 Å². The first-order chi connectivity index (χ1) is 8.33. The Kier molecular flexibility index (Phi) is 3.45. The molecule has 94 valence electrons. The summed E-state index contributed by atoms with van der Waals surface area (Å²) in [6.45, 7) is 4.06. The van der Waals surface area contributed by atoms with Crippen LogP contribution in [0.1, 0.15) is 41.6 Å². The Morgan fingerprint density at radius 3 is 3.00 bits per heavy atom. The molecule has 2 heterocycles. The van der Waals surface area contributed by atoms with E-state index in [1.165, 1.54) is 35.6 Å². The number of nitrogens with zero attached hydrogens (tertiary/aromatic N) is 1. The highest BCUT2D eigenvalue weighted by molar-refractivity contribution is 7.11. The predicted octanol–water partition coefficient (Wildman–Crippen LogP) is 2.67. The number of aromatic nitrogens is 1. The summed E-state index contributed by atoms with van der Waals surface area (Å²) in [5, 5.41) is 4.94. The minimum atomic E-state index is 0.428. The zero-order chi connectivity index (χ0) is 11.7. The van der Waals surface area contributed by atoms with Crippen molar-refractivity contribution in [3.63, 3.8) is 0 Å². The molecule has 1 aromatic heterocycles. The molecule has 0 amide bonds. The lowest BCUT2D eigenvalue weighted by molar-refractivity contribution is 0.106. The molecule has 2 unspecified atom stereocenters. The maximum atomic E-state index is 5.67. The number of hydrogen-bond donors (Lipinski definition) is 1. The molecule has 1 aliphatic heterocycles. The van der Waals surface area contributed by atoms with E-state index in [-0.39, 0.29) is 0 Å². The van der Waals surface area contributed by atoms with E-state index in [1.807, 2.05) is 17.5 Å². The Morgan fingerprint density at radius 2 is 2.41 bits per heavy atom. The van der Waals surface area contributed by atoms with E-state index in [1.54, 1.807) is 0 Å². The molecule has 0 spiro atoms. The predicted molar refractivity (Wildman–Crippen MR) is 69.3 cm³/mol. The van der Waals surface area contributed by atoms with Crippen LogP contribution in [0.25, 0.3) is 0 Å². The quantitative estimate of drug-likeness (QED) is 0.875. The monoisotopic (exact) mass is 252 g/mol. The van der Waals surface area contributed by atoms with Crippen LogP contribution in [-0.4, -0.2) is 24.2 Å². The molecule has 1 saturated carbocycles. The lowest BCUT2D eigenvalue weighted by atomic mass is 10.1. The SMILES string of the molecule is Cc1cnc(C(NCC2CCCO2)C2CC2)s1. The Labute approximate surface area is 107 Å². The molecule has 4 heteroatoms. The molecule has 1 saturated heterocycles.